The summed E-state index contributed by atoms with van der Waals surface area (Å²) in [7, 11) is 0. The highest BCUT2D eigenvalue weighted by atomic mass is 79.9. The molecule has 0 saturated carbocycles. The molecule has 0 saturated heterocycles. The van der Waals surface area contributed by atoms with Gasteiger partial charge in [-0.05, 0) is 23.6 Å². The number of hydrogen-bond donors (Lipinski definition) is 1. The molecule has 3 nitrogen and oxygen atoms in total. The Hall–Kier alpha value is -1.34. The van der Waals surface area contributed by atoms with E-state index < -0.39 is 5.97 Å². The van der Waals surface area contributed by atoms with Crippen LogP contribution in [-0.2, 0) is 11.8 Å². The number of hydrogen-bond acceptors (Lipinski definition) is 2. The standard InChI is InChI=1S/C11H10BrNO2/c1-2-7-3-4-8(6-13)9(5-12)10(7)11(14)15/h3-4H,2,5H2,1H3,(H,14,15). The average molecular weight is 268 g/mol. The number of nitrogens with zero attached hydrogens (tertiary/aromatic N) is 1. The van der Waals surface area contributed by atoms with Gasteiger partial charge in [-0.25, -0.2) is 4.79 Å². The van der Waals surface area contributed by atoms with E-state index in [1.54, 1.807) is 12.1 Å². The van der Waals surface area contributed by atoms with Gasteiger partial charge in [0, 0.05) is 5.33 Å². The summed E-state index contributed by atoms with van der Waals surface area (Å²) in [6.45, 7) is 1.89. The first-order chi connectivity index (χ1) is 7.15. The highest BCUT2D eigenvalue weighted by molar-refractivity contribution is 9.08. The Bertz CT molecular complexity index is 435. The van der Waals surface area contributed by atoms with Crippen molar-refractivity contribution in [1.29, 1.82) is 5.26 Å². The maximum Gasteiger partial charge on any atom is 0.336 e. The smallest absolute Gasteiger partial charge is 0.336 e. The summed E-state index contributed by atoms with van der Waals surface area (Å²) in [4.78, 5) is 11.1. The maximum absolute atomic E-state index is 11.1. The quantitative estimate of drug-likeness (QED) is 0.857. The van der Waals surface area contributed by atoms with Crippen LogP contribution in [0.2, 0.25) is 0 Å². The summed E-state index contributed by atoms with van der Waals surface area (Å²) < 4.78 is 0. The molecule has 0 radical (unpaired) electrons. The third-order valence-corrected chi connectivity index (χ3v) is 2.81. The van der Waals surface area contributed by atoms with Crippen LogP contribution in [-0.4, -0.2) is 11.1 Å². The van der Waals surface area contributed by atoms with E-state index in [9.17, 15) is 4.79 Å². The Morgan fingerprint density at radius 2 is 2.27 bits per heavy atom. The molecule has 1 aromatic rings. The van der Waals surface area contributed by atoms with Gasteiger partial charge in [-0.3, -0.25) is 0 Å². The van der Waals surface area contributed by atoms with Crippen LogP contribution in [0, 0.1) is 11.3 Å². The fourth-order valence-electron chi connectivity index (χ4n) is 1.50. The highest BCUT2D eigenvalue weighted by Crippen LogP contribution is 2.22. The van der Waals surface area contributed by atoms with Crippen LogP contribution < -0.4 is 0 Å². The van der Waals surface area contributed by atoms with Crippen LogP contribution in [0.15, 0.2) is 12.1 Å². The molecule has 0 unspecified atom stereocenters. The molecule has 4 heteroatoms. The summed E-state index contributed by atoms with van der Waals surface area (Å²) in [5, 5.41) is 18.3. The minimum Gasteiger partial charge on any atom is -0.478 e. The van der Waals surface area contributed by atoms with Crippen molar-refractivity contribution in [3.8, 4) is 6.07 Å². The zero-order valence-electron chi connectivity index (χ0n) is 8.25. The van der Waals surface area contributed by atoms with Crippen LogP contribution in [0.1, 0.15) is 34.0 Å². The predicted molar refractivity (Wildman–Crippen MR) is 60.1 cm³/mol. The van der Waals surface area contributed by atoms with Crippen molar-refractivity contribution in [2.45, 2.75) is 18.7 Å². The number of carboxylic acids is 1. The fraction of sp³-hybridized carbons (Fsp3) is 0.273. The lowest BCUT2D eigenvalue weighted by atomic mass is 9.96. The number of aryl methyl sites for hydroxylation is 1. The van der Waals surface area contributed by atoms with E-state index >= 15 is 0 Å². The first-order valence-corrected chi connectivity index (χ1v) is 5.61. The van der Waals surface area contributed by atoms with Crippen LogP contribution in [0.5, 0.6) is 0 Å². The van der Waals surface area contributed by atoms with E-state index in [2.05, 4.69) is 15.9 Å². The summed E-state index contributed by atoms with van der Waals surface area (Å²) in [6, 6.07) is 5.37. The molecule has 0 aliphatic rings. The normalized spacial score (nSPS) is 9.67. The molecule has 0 aliphatic heterocycles. The molecule has 0 aromatic heterocycles. The Labute approximate surface area is 96.5 Å². The van der Waals surface area contributed by atoms with Gasteiger partial charge in [0.05, 0.1) is 17.2 Å². The second-order valence-electron chi connectivity index (χ2n) is 3.03. The highest BCUT2D eigenvalue weighted by Gasteiger charge is 2.17. The minimum absolute atomic E-state index is 0.258. The third-order valence-electron chi connectivity index (χ3n) is 2.25. The van der Waals surface area contributed by atoms with Crippen molar-refractivity contribution >= 4 is 21.9 Å². The van der Waals surface area contributed by atoms with Gasteiger partial charge in [-0.2, -0.15) is 5.26 Å². The van der Waals surface area contributed by atoms with E-state index in [1.807, 2.05) is 13.0 Å². The predicted octanol–water partition coefficient (Wildman–Crippen LogP) is 2.71. The Kier molecular flexibility index (Phi) is 3.87. The van der Waals surface area contributed by atoms with Gasteiger partial charge in [0.2, 0.25) is 0 Å². The third kappa shape index (κ3) is 2.18. The summed E-state index contributed by atoms with van der Waals surface area (Å²) in [5.41, 5.74) is 2.00. The molecule has 0 atom stereocenters. The molecule has 0 fully saturated rings. The number of nitriles is 1. The molecular weight excluding hydrogens is 258 g/mol. The summed E-state index contributed by atoms with van der Waals surface area (Å²) >= 11 is 3.22. The number of carbonyl (C=O) groups is 1. The Morgan fingerprint density at radius 1 is 1.60 bits per heavy atom. The van der Waals surface area contributed by atoms with E-state index in [4.69, 9.17) is 10.4 Å². The lowest BCUT2D eigenvalue weighted by molar-refractivity contribution is 0.0695. The van der Waals surface area contributed by atoms with Gasteiger partial charge in [-0.1, -0.05) is 28.9 Å². The molecule has 0 bridgehead atoms. The van der Waals surface area contributed by atoms with Crippen LogP contribution >= 0.6 is 15.9 Å². The number of alkyl halides is 1. The zero-order valence-corrected chi connectivity index (χ0v) is 9.84. The zero-order chi connectivity index (χ0) is 11.4. The minimum atomic E-state index is -0.974. The van der Waals surface area contributed by atoms with Crippen molar-refractivity contribution in [3.63, 3.8) is 0 Å². The summed E-state index contributed by atoms with van der Waals surface area (Å²) in [5.74, 6) is -0.974. The van der Waals surface area contributed by atoms with Gasteiger partial charge < -0.3 is 5.11 Å². The first kappa shape index (κ1) is 11.7. The second-order valence-corrected chi connectivity index (χ2v) is 3.59. The monoisotopic (exact) mass is 267 g/mol. The van der Waals surface area contributed by atoms with Crippen LogP contribution in [0.4, 0.5) is 0 Å². The molecule has 0 amide bonds. The lowest BCUT2D eigenvalue weighted by Crippen LogP contribution is -2.07. The molecule has 0 spiro atoms. The van der Waals surface area contributed by atoms with Gasteiger partial charge >= 0.3 is 5.97 Å². The van der Waals surface area contributed by atoms with Gasteiger partial charge in [0.1, 0.15) is 0 Å². The van der Waals surface area contributed by atoms with Crippen molar-refractivity contribution in [3.05, 3.63) is 34.4 Å². The van der Waals surface area contributed by atoms with E-state index in [-0.39, 0.29) is 5.56 Å². The van der Waals surface area contributed by atoms with E-state index in [1.165, 1.54) is 0 Å². The molecule has 78 valence electrons. The van der Waals surface area contributed by atoms with Crippen molar-refractivity contribution in [1.82, 2.24) is 0 Å². The first-order valence-electron chi connectivity index (χ1n) is 4.49. The van der Waals surface area contributed by atoms with Crippen LogP contribution in [0.25, 0.3) is 0 Å². The molecule has 1 rings (SSSR count). The van der Waals surface area contributed by atoms with Gasteiger partial charge in [-0.15, -0.1) is 0 Å². The topological polar surface area (TPSA) is 61.1 Å². The molecule has 1 aromatic carbocycles. The van der Waals surface area contributed by atoms with Gasteiger partial charge in [0.25, 0.3) is 0 Å². The number of benzene rings is 1. The van der Waals surface area contributed by atoms with Crippen molar-refractivity contribution < 1.29 is 9.90 Å². The summed E-state index contributed by atoms with van der Waals surface area (Å²) in [6.07, 6.45) is 0.646. The van der Waals surface area contributed by atoms with Gasteiger partial charge in [0.15, 0.2) is 0 Å². The molecule has 0 heterocycles. The molecular formula is C11H10BrNO2. The number of halogens is 1. The molecule has 15 heavy (non-hydrogen) atoms. The molecule has 1 N–H and O–H groups in total. The lowest BCUT2D eigenvalue weighted by Gasteiger charge is -2.09. The van der Waals surface area contributed by atoms with E-state index in [0.717, 1.165) is 5.56 Å². The second kappa shape index (κ2) is 4.94. The van der Waals surface area contributed by atoms with Crippen LogP contribution in [0.3, 0.4) is 0 Å². The number of aromatic carboxylic acids is 1. The fourth-order valence-corrected chi connectivity index (χ4v) is 2.08. The number of rotatable bonds is 3. The van der Waals surface area contributed by atoms with Crippen molar-refractivity contribution in [2.75, 3.05) is 0 Å². The Morgan fingerprint density at radius 3 is 2.67 bits per heavy atom. The molecule has 0 aliphatic carbocycles. The Balaban J connectivity index is 3.53. The SMILES string of the molecule is CCc1ccc(C#N)c(CBr)c1C(=O)O. The number of carboxylic acid groups (broad SMARTS) is 1. The largest absolute Gasteiger partial charge is 0.478 e. The van der Waals surface area contributed by atoms with E-state index in [0.29, 0.717) is 22.9 Å². The maximum atomic E-state index is 11.1. The average Bonchev–Trinajstić information content (AvgIpc) is 2.26. The van der Waals surface area contributed by atoms with Crippen molar-refractivity contribution in [2.24, 2.45) is 0 Å².